The van der Waals surface area contributed by atoms with E-state index in [9.17, 15) is 0 Å². The van der Waals surface area contributed by atoms with Gasteiger partial charge in [-0.25, -0.2) is 0 Å². The van der Waals surface area contributed by atoms with Gasteiger partial charge in [0.25, 0.3) is 0 Å². The molecular formula is C7H14IO3Tl. The van der Waals surface area contributed by atoms with Gasteiger partial charge in [-0.15, -0.1) is 0 Å². The zero-order valence-corrected chi connectivity index (χ0v) is 14.1. The van der Waals surface area contributed by atoms with E-state index in [-0.39, 0.29) is 12.4 Å². The SMILES string of the molecule is CC.IOCC1CCC([O][Tl])O1. The van der Waals surface area contributed by atoms with Gasteiger partial charge in [0.05, 0.1) is 0 Å². The average Bonchev–Trinajstić information content (AvgIpc) is 2.57. The van der Waals surface area contributed by atoms with E-state index >= 15 is 0 Å². The van der Waals surface area contributed by atoms with Crippen LogP contribution in [0.5, 0.6) is 0 Å². The fraction of sp³-hybridized carbons (Fsp3) is 1.00. The summed E-state index contributed by atoms with van der Waals surface area (Å²) in [6.45, 7) is 4.69. The molecule has 3 nitrogen and oxygen atoms in total. The minimum absolute atomic E-state index is 0.0709. The third-order valence-electron chi connectivity index (χ3n) is 1.47. The van der Waals surface area contributed by atoms with Crippen LogP contribution in [0.4, 0.5) is 0 Å². The Morgan fingerprint density at radius 3 is 2.58 bits per heavy atom. The van der Waals surface area contributed by atoms with Gasteiger partial charge in [0.15, 0.2) is 0 Å². The fourth-order valence-corrected chi connectivity index (χ4v) is 2.15. The van der Waals surface area contributed by atoms with Crippen LogP contribution in [0, 0.1) is 0 Å². The van der Waals surface area contributed by atoms with E-state index in [2.05, 4.69) is 0 Å². The van der Waals surface area contributed by atoms with Crippen LogP contribution in [0.3, 0.4) is 0 Å². The topological polar surface area (TPSA) is 27.7 Å². The van der Waals surface area contributed by atoms with E-state index in [0.29, 0.717) is 32.8 Å². The van der Waals surface area contributed by atoms with Crippen molar-refractivity contribution in [3.8, 4) is 0 Å². The Hall–Kier alpha value is 1.53. The Morgan fingerprint density at radius 1 is 1.50 bits per heavy atom. The molecule has 0 N–H and O–H groups in total. The van der Waals surface area contributed by atoms with Crippen molar-refractivity contribution in [1.82, 2.24) is 0 Å². The van der Waals surface area contributed by atoms with Crippen LogP contribution in [0.1, 0.15) is 26.7 Å². The fourth-order valence-electron chi connectivity index (χ4n) is 0.966. The predicted molar refractivity (Wildman–Crippen MR) is 56.1 cm³/mol. The second kappa shape index (κ2) is 9.10. The molecule has 0 aliphatic carbocycles. The molecule has 1 aliphatic rings. The van der Waals surface area contributed by atoms with Crippen LogP contribution in [0.2, 0.25) is 0 Å². The van der Waals surface area contributed by atoms with E-state index in [4.69, 9.17) is 10.5 Å². The maximum atomic E-state index is 5.44. The molecule has 2 unspecified atom stereocenters. The summed E-state index contributed by atoms with van der Waals surface area (Å²) in [7, 11) is 0. The van der Waals surface area contributed by atoms with Gasteiger partial charge in [-0.1, -0.05) is 13.8 Å². The van der Waals surface area contributed by atoms with E-state index in [1.807, 2.05) is 36.9 Å². The van der Waals surface area contributed by atoms with Crippen LogP contribution in [-0.4, -0.2) is 45.2 Å². The Balaban J connectivity index is 0.000000561. The molecule has 1 rings (SSSR count). The Kier molecular flexibility index (Phi) is 10.3. The van der Waals surface area contributed by atoms with Crippen LogP contribution >= 0.6 is 23.0 Å². The molecule has 0 bridgehead atoms. The van der Waals surface area contributed by atoms with Gasteiger partial charge in [0.2, 0.25) is 0 Å². The first-order valence-electron chi connectivity index (χ1n) is 4.11. The molecule has 0 aromatic rings. The number of ether oxygens (including phenoxy) is 1. The van der Waals surface area contributed by atoms with Crippen molar-refractivity contribution < 1.29 is 10.5 Å². The summed E-state index contributed by atoms with van der Waals surface area (Å²) < 4.78 is 15.5. The molecule has 0 radical (unpaired) electrons. The quantitative estimate of drug-likeness (QED) is 0.460. The van der Waals surface area contributed by atoms with Crippen molar-refractivity contribution in [2.75, 3.05) is 6.61 Å². The number of hydrogen-bond acceptors (Lipinski definition) is 3. The molecule has 70 valence electrons. The van der Waals surface area contributed by atoms with Crippen LogP contribution in [0.15, 0.2) is 0 Å². The molecular weight excluding hydrogens is 463 g/mol. The molecule has 1 fully saturated rings. The van der Waals surface area contributed by atoms with Crippen molar-refractivity contribution in [2.45, 2.75) is 39.1 Å². The van der Waals surface area contributed by atoms with Gasteiger partial charge >= 0.3 is 91.6 Å². The molecule has 0 spiro atoms. The van der Waals surface area contributed by atoms with Crippen molar-refractivity contribution in [3.05, 3.63) is 0 Å². The molecule has 5 heteroatoms. The van der Waals surface area contributed by atoms with E-state index in [0.717, 1.165) is 12.8 Å². The molecule has 12 heavy (non-hydrogen) atoms. The van der Waals surface area contributed by atoms with E-state index < -0.39 is 0 Å². The Labute approximate surface area is 105 Å². The summed E-state index contributed by atoms with van der Waals surface area (Å²) in [5, 5.41) is 0. The van der Waals surface area contributed by atoms with Gasteiger partial charge in [0, 0.05) is 0 Å². The van der Waals surface area contributed by atoms with Crippen LogP contribution in [-0.2, 0) is 10.5 Å². The minimum atomic E-state index is 0.0709. The van der Waals surface area contributed by atoms with Crippen molar-refractivity contribution >= 4 is 49.2 Å². The standard InChI is InChI=1S/C5H8IO3.C2H6.Tl/c6-8-3-4-1-2-5(7)9-4;1-2;/h4-5H,1-3H2;1-2H3;/q-1;;+1. The number of hydrogen-bond donors (Lipinski definition) is 0. The maximum absolute atomic E-state index is 5.44. The zero-order chi connectivity index (χ0) is 9.40. The summed E-state index contributed by atoms with van der Waals surface area (Å²) in [5.41, 5.74) is 0. The monoisotopic (exact) mass is 478 g/mol. The first-order valence-corrected chi connectivity index (χ1v) is 6.82. The molecule has 0 amide bonds. The van der Waals surface area contributed by atoms with Gasteiger partial charge < -0.3 is 0 Å². The zero-order valence-electron chi connectivity index (χ0n) is 7.46. The van der Waals surface area contributed by atoms with Crippen LogP contribution < -0.4 is 0 Å². The van der Waals surface area contributed by atoms with Gasteiger partial charge in [-0.05, 0) is 0 Å². The normalized spacial score (nSPS) is 27.8. The molecule has 0 aromatic heterocycles. The predicted octanol–water partition coefficient (Wildman–Crippen LogP) is 1.98. The van der Waals surface area contributed by atoms with Gasteiger partial charge in [0.1, 0.15) is 0 Å². The van der Waals surface area contributed by atoms with Crippen molar-refractivity contribution in [3.63, 3.8) is 0 Å². The molecule has 2 atom stereocenters. The average molecular weight is 477 g/mol. The first kappa shape index (κ1) is 13.5. The number of halogens is 1. The first-order chi connectivity index (χ1) is 5.86. The van der Waals surface area contributed by atoms with E-state index in [1.54, 1.807) is 0 Å². The number of rotatable bonds is 3. The van der Waals surface area contributed by atoms with Crippen molar-refractivity contribution in [2.24, 2.45) is 0 Å². The third-order valence-corrected chi connectivity index (χ3v) is 3.01. The summed E-state index contributed by atoms with van der Waals surface area (Å²) in [6, 6.07) is 0. The molecule has 0 saturated carbocycles. The Morgan fingerprint density at radius 2 is 2.17 bits per heavy atom. The van der Waals surface area contributed by atoms with Crippen LogP contribution in [0.25, 0.3) is 0 Å². The second-order valence-electron chi connectivity index (χ2n) is 2.18. The Bertz CT molecular complexity index is 105. The molecule has 1 saturated heterocycles. The second-order valence-corrected chi connectivity index (χ2v) is 3.86. The van der Waals surface area contributed by atoms with Gasteiger partial charge in [-0.3, -0.25) is 0 Å². The van der Waals surface area contributed by atoms with Crippen molar-refractivity contribution in [1.29, 1.82) is 0 Å². The summed E-state index contributed by atoms with van der Waals surface area (Å²) in [6.07, 6.45) is 2.43. The molecule has 1 aliphatic heterocycles. The third kappa shape index (κ3) is 5.30. The van der Waals surface area contributed by atoms with Gasteiger partial charge in [-0.2, -0.15) is 0 Å². The van der Waals surface area contributed by atoms with E-state index in [1.165, 1.54) is 0 Å². The molecule has 1 heterocycles. The summed E-state index contributed by atoms with van der Waals surface area (Å²) in [4.78, 5) is 0. The molecule has 0 aromatic carbocycles. The summed E-state index contributed by atoms with van der Waals surface area (Å²) >= 11 is 2.46. The summed E-state index contributed by atoms with van der Waals surface area (Å²) in [5.74, 6) is 0.